The van der Waals surface area contributed by atoms with Crippen molar-refractivity contribution in [3.63, 3.8) is 0 Å². The Morgan fingerprint density at radius 2 is 2.17 bits per heavy atom. The fourth-order valence-corrected chi connectivity index (χ4v) is 3.23. The molecular formula is C18H33N5O. The van der Waals surface area contributed by atoms with Gasteiger partial charge in [0.2, 0.25) is 0 Å². The quantitative estimate of drug-likeness (QED) is 0.472. The van der Waals surface area contributed by atoms with E-state index >= 15 is 0 Å². The maximum absolute atomic E-state index is 5.43. The molecule has 0 aromatic carbocycles. The highest BCUT2D eigenvalue weighted by Gasteiger charge is 2.15. The maximum Gasteiger partial charge on any atom is 0.193 e. The lowest BCUT2D eigenvalue weighted by Gasteiger charge is -2.26. The van der Waals surface area contributed by atoms with Crippen molar-refractivity contribution in [2.24, 2.45) is 10.9 Å². The minimum Gasteiger partial charge on any atom is -0.381 e. The molecule has 0 amide bonds. The van der Waals surface area contributed by atoms with E-state index in [-0.39, 0.29) is 0 Å². The average Bonchev–Trinajstić information content (AvgIpc) is 2.91. The van der Waals surface area contributed by atoms with E-state index < -0.39 is 0 Å². The van der Waals surface area contributed by atoms with E-state index in [0.717, 1.165) is 56.8 Å². The zero-order chi connectivity index (χ0) is 17.4. The van der Waals surface area contributed by atoms with Gasteiger partial charge in [0.05, 0.1) is 5.69 Å². The molecule has 0 aliphatic carbocycles. The lowest BCUT2D eigenvalue weighted by molar-refractivity contribution is 0.0625. The summed E-state index contributed by atoms with van der Waals surface area (Å²) in [6, 6.07) is 2.12. The van der Waals surface area contributed by atoms with E-state index in [9.17, 15) is 0 Å². The van der Waals surface area contributed by atoms with Crippen molar-refractivity contribution in [1.29, 1.82) is 0 Å². The van der Waals surface area contributed by atoms with Crippen LogP contribution >= 0.6 is 0 Å². The standard InChI is InChI=1S/C18H33N5O/c1-15-14-16(2)23(21-15)10-5-9-20-18(19-3)22(4)11-6-17-7-12-24-13-8-17/h14,17H,5-13H2,1-4H3,(H,19,20). The molecule has 1 aromatic heterocycles. The average molecular weight is 335 g/mol. The van der Waals surface area contributed by atoms with Gasteiger partial charge >= 0.3 is 0 Å². The summed E-state index contributed by atoms with van der Waals surface area (Å²) in [7, 11) is 3.98. The van der Waals surface area contributed by atoms with Gasteiger partial charge in [-0.05, 0) is 51.5 Å². The Hall–Kier alpha value is -1.56. The molecule has 0 radical (unpaired) electrons. The summed E-state index contributed by atoms with van der Waals surface area (Å²) < 4.78 is 7.51. The van der Waals surface area contributed by atoms with Crippen LogP contribution in [0.3, 0.4) is 0 Å². The number of aryl methyl sites for hydroxylation is 3. The Kier molecular flexibility index (Phi) is 7.56. The molecule has 6 heteroatoms. The second-order valence-corrected chi connectivity index (χ2v) is 6.74. The van der Waals surface area contributed by atoms with Crippen LogP contribution in [0.4, 0.5) is 0 Å². The largest absolute Gasteiger partial charge is 0.381 e. The fraction of sp³-hybridized carbons (Fsp3) is 0.778. The van der Waals surface area contributed by atoms with Gasteiger partial charge in [-0.3, -0.25) is 9.67 Å². The second kappa shape index (κ2) is 9.67. The van der Waals surface area contributed by atoms with Crippen LogP contribution in [-0.4, -0.2) is 61.0 Å². The van der Waals surface area contributed by atoms with Gasteiger partial charge in [-0.15, -0.1) is 0 Å². The molecule has 1 aromatic rings. The van der Waals surface area contributed by atoms with Gasteiger partial charge in [0.15, 0.2) is 5.96 Å². The molecule has 136 valence electrons. The van der Waals surface area contributed by atoms with Gasteiger partial charge in [-0.1, -0.05) is 0 Å². The van der Waals surface area contributed by atoms with Gasteiger partial charge < -0.3 is 15.0 Å². The van der Waals surface area contributed by atoms with E-state index in [1.54, 1.807) is 0 Å². The van der Waals surface area contributed by atoms with E-state index in [4.69, 9.17) is 4.74 Å². The third kappa shape index (κ3) is 5.82. The Balaban J connectivity index is 1.66. The first kappa shape index (κ1) is 18.8. The molecule has 0 saturated carbocycles. The summed E-state index contributed by atoms with van der Waals surface area (Å²) in [5.74, 6) is 1.78. The molecule has 6 nitrogen and oxygen atoms in total. The number of nitrogens with zero attached hydrogens (tertiary/aromatic N) is 4. The smallest absolute Gasteiger partial charge is 0.193 e. The Morgan fingerprint density at radius 1 is 1.42 bits per heavy atom. The number of guanidine groups is 1. The Bertz CT molecular complexity index is 519. The van der Waals surface area contributed by atoms with Crippen molar-refractivity contribution in [3.05, 3.63) is 17.5 Å². The maximum atomic E-state index is 5.43. The first-order valence-corrected chi connectivity index (χ1v) is 9.10. The van der Waals surface area contributed by atoms with Crippen molar-refractivity contribution < 1.29 is 4.74 Å². The second-order valence-electron chi connectivity index (χ2n) is 6.74. The summed E-state index contributed by atoms with van der Waals surface area (Å²) in [5.41, 5.74) is 2.31. The highest BCUT2D eigenvalue weighted by Crippen LogP contribution is 2.18. The molecule has 1 fully saturated rings. The molecule has 24 heavy (non-hydrogen) atoms. The summed E-state index contributed by atoms with van der Waals surface area (Å²) >= 11 is 0. The van der Waals surface area contributed by atoms with Crippen LogP contribution in [0.2, 0.25) is 0 Å². The zero-order valence-electron chi connectivity index (χ0n) is 15.7. The Labute approximate surface area is 146 Å². The molecule has 1 N–H and O–H groups in total. The van der Waals surface area contributed by atoms with Crippen LogP contribution < -0.4 is 5.32 Å². The van der Waals surface area contributed by atoms with Crippen LogP contribution in [0.25, 0.3) is 0 Å². The van der Waals surface area contributed by atoms with E-state index in [1.165, 1.54) is 25.0 Å². The minimum atomic E-state index is 0.797. The molecule has 0 bridgehead atoms. The van der Waals surface area contributed by atoms with Crippen molar-refractivity contribution >= 4 is 5.96 Å². The van der Waals surface area contributed by atoms with E-state index in [2.05, 4.69) is 45.0 Å². The number of aromatic nitrogens is 2. The number of hydrogen-bond acceptors (Lipinski definition) is 3. The minimum absolute atomic E-state index is 0.797. The van der Waals surface area contributed by atoms with Crippen molar-refractivity contribution in [1.82, 2.24) is 20.0 Å². The number of hydrogen-bond donors (Lipinski definition) is 1. The molecule has 2 rings (SSSR count). The van der Waals surface area contributed by atoms with Gasteiger partial charge in [-0.2, -0.15) is 5.10 Å². The predicted octanol–water partition coefficient (Wildman–Crippen LogP) is 2.21. The van der Waals surface area contributed by atoms with Gasteiger partial charge in [0, 0.05) is 52.6 Å². The molecular weight excluding hydrogens is 302 g/mol. The lowest BCUT2D eigenvalue weighted by atomic mass is 9.96. The Morgan fingerprint density at radius 3 is 2.79 bits per heavy atom. The van der Waals surface area contributed by atoms with Crippen LogP contribution in [0.15, 0.2) is 11.1 Å². The fourth-order valence-electron chi connectivity index (χ4n) is 3.23. The van der Waals surface area contributed by atoms with E-state index in [0.29, 0.717) is 0 Å². The van der Waals surface area contributed by atoms with Gasteiger partial charge in [0.25, 0.3) is 0 Å². The molecule has 1 aliphatic rings. The molecule has 1 saturated heterocycles. The first-order valence-electron chi connectivity index (χ1n) is 9.10. The van der Waals surface area contributed by atoms with Crippen LogP contribution in [0, 0.1) is 19.8 Å². The van der Waals surface area contributed by atoms with Crippen LogP contribution in [0.1, 0.15) is 37.1 Å². The number of aliphatic imine (C=N–C) groups is 1. The normalized spacial score (nSPS) is 16.4. The summed E-state index contributed by atoms with van der Waals surface area (Å²) in [4.78, 5) is 6.64. The highest BCUT2D eigenvalue weighted by atomic mass is 16.5. The first-order chi connectivity index (χ1) is 11.6. The van der Waals surface area contributed by atoms with Crippen LogP contribution in [0.5, 0.6) is 0 Å². The topological polar surface area (TPSA) is 54.7 Å². The molecule has 0 unspecified atom stereocenters. The van der Waals surface area contributed by atoms with E-state index in [1.807, 2.05) is 14.0 Å². The predicted molar refractivity (Wildman–Crippen MR) is 98.5 cm³/mol. The van der Waals surface area contributed by atoms with Crippen LogP contribution in [-0.2, 0) is 11.3 Å². The molecule has 2 heterocycles. The molecule has 1 aliphatic heterocycles. The molecule has 0 spiro atoms. The van der Waals surface area contributed by atoms with Crippen molar-refractivity contribution in [2.75, 3.05) is 40.4 Å². The third-order valence-corrected chi connectivity index (χ3v) is 4.72. The highest BCUT2D eigenvalue weighted by molar-refractivity contribution is 5.79. The monoisotopic (exact) mass is 335 g/mol. The number of nitrogens with one attached hydrogen (secondary N) is 1. The third-order valence-electron chi connectivity index (χ3n) is 4.72. The summed E-state index contributed by atoms with van der Waals surface area (Å²) in [6.07, 6.45) is 4.64. The summed E-state index contributed by atoms with van der Waals surface area (Å²) in [6.45, 7) is 8.89. The van der Waals surface area contributed by atoms with Gasteiger partial charge in [-0.25, -0.2) is 0 Å². The lowest BCUT2D eigenvalue weighted by Crippen LogP contribution is -2.40. The molecule has 0 atom stereocenters. The summed E-state index contributed by atoms with van der Waals surface area (Å²) in [5, 5.41) is 7.96. The van der Waals surface area contributed by atoms with Crippen molar-refractivity contribution in [3.8, 4) is 0 Å². The zero-order valence-corrected chi connectivity index (χ0v) is 15.7. The number of ether oxygens (including phenoxy) is 1. The van der Waals surface area contributed by atoms with Crippen molar-refractivity contribution in [2.45, 2.75) is 46.1 Å². The number of rotatable bonds is 7. The SMILES string of the molecule is CN=C(NCCCn1nc(C)cc1C)N(C)CCC1CCOCC1. The van der Waals surface area contributed by atoms with Gasteiger partial charge in [0.1, 0.15) is 0 Å².